The van der Waals surface area contributed by atoms with Crippen LogP contribution in [0.3, 0.4) is 0 Å². The van der Waals surface area contributed by atoms with Gasteiger partial charge in [0.15, 0.2) is 0 Å². The van der Waals surface area contributed by atoms with Crippen LogP contribution in [0.1, 0.15) is 48.9 Å². The second kappa shape index (κ2) is 6.45. The van der Waals surface area contributed by atoms with Crippen LogP contribution >= 0.6 is 11.6 Å². The second-order valence-corrected chi connectivity index (χ2v) is 7.81. The van der Waals surface area contributed by atoms with Crippen molar-refractivity contribution in [2.24, 2.45) is 5.92 Å². The zero-order valence-electron chi connectivity index (χ0n) is 13.7. The molecular formula is C18H24ClN3O2. The average Bonchev–Trinajstić information content (AvgIpc) is 3.32. The van der Waals surface area contributed by atoms with Crippen LogP contribution in [0.4, 0.5) is 5.69 Å². The normalized spacial score (nSPS) is 28.6. The van der Waals surface area contributed by atoms with Gasteiger partial charge in [-0.25, -0.2) is 0 Å². The van der Waals surface area contributed by atoms with Crippen LogP contribution in [0, 0.1) is 5.92 Å². The summed E-state index contributed by atoms with van der Waals surface area (Å²) in [6, 6.07) is 4.59. The highest BCUT2D eigenvalue weighted by atomic mass is 35.5. The van der Waals surface area contributed by atoms with Crippen molar-refractivity contribution in [2.75, 3.05) is 12.3 Å². The highest BCUT2D eigenvalue weighted by molar-refractivity contribution is 6.33. The van der Waals surface area contributed by atoms with Crippen molar-refractivity contribution in [1.29, 1.82) is 0 Å². The quantitative estimate of drug-likeness (QED) is 0.714. The molecule has 0 spiro atoms. The van der Waals surface area contributed by atoms with Crippen molar-refractivity contribution in [1.82, 2.24) is 10.6 Å². The van der Waals surface area contributed by atoms with Crippen LogP contribution in [0.5, 0.6) is 5.75 Å². The number of fused-ring (bicyclic) bond motifs is 2. The molecule has 6 heteroatoms. The molecule has 2 unspecified atom stereocenters. The molecule has 4 rings (SSSR count). The molecule has 1 saturated carbocycles. The van der Waals surface area contributed by atoms with E-state index in [1.54, 1.807) is 12.1 Å². The Hall–Kier alpha value is -1.46. The lowest BCUT2D eigenvalue weighted by Gasteiger charge is -2.30. The number of carbonyl (C=O) groups is 1. The van der Waals surface area contributed by atoms with E-state index in [4.69, 9.17) is 22.1 Å². The highest BCUT2D eigenvalue weighted by Gasteiger charge is 2.34. The minimum Gasteiger partial charge on any atom is -0.492 e. The molecule has 2 aliphatic heterocycles. The summed E-state index contributed by atoms with van der Waals surface area (Å²) in [7, 11) is 0. The summed E-state index contributed by atoms with van der Waals surface area (Å²) in [5.74, 6) is 1.03. The van der Waals surface area contributed by atoms with Gasteiger partial charge in [-0.1, -0.05) is 11.6 Å². The predicted molar refractivity (Wildman–Crippen MR) is 94.5 cm³/mol. The summed E-state index contributed by atoms with van der Waals surface area (Å²) in [6.45, 7) is 0.638. The van der Waals surface area contributed by atoms with Crippen molar-refractivity contribution in [3.05, 3.63) is 22.7 Å². The molecule has 24 heavy (non-hydrogen) atoms. The fraction of sp³-hybridized carbons (Fsp3) is 0.611. The molecule has 2 heterocycles. The van der Waals surface area contributed by atoms with E-state index >= 15 is 0 Å². The van der Waals surface area contributed by atoms with Crippen molar-refractivity contribution in [3.63, 3.8) is 0 Å². The molecule has 4 N–H and O–H groups in total. The molecule has 1 aliphatic carbocycles. The van der Waals surface area contributed by atoms with Gasteiger partial charge in [-0.2, -0.15) is 0 Å². The van der Waals surface area contributed by atoms with Gasteiger partial charge >= 0.3 is 0 Å². The van der Waals surface area contributed by atoms with Gasteiger partial charge in [0.1, 0.15) is 5.75 Å². The maximum absolute atomic E-state index is 12.8. The number of halogens is 1. The van der Waals surface area contributed by atoms with E-state index in [2.05, 4.69) is 10.6 Å². The summed E-state index contributed by atoms with van der Waals surface area (Å²) < 4.78 is 5.85. The van der Waals surface area contributed by atoms with Gasteiger partial charge in [0, 0.05) is 24.2 Å². The number of anilines is 1. The van der Waals surface area contributed by atoms with Gasteiger partial charge in [0.05, 0.1) is 22.9 Å². The van der Waals surface area contributed by atoms with Crippen molar-refractivity contribution >= 4 is 23.2 Å². The van der Waals surface area contributed by atoms with E-state index in [0.717, 1.165) is 12.8 Å². The largest absolute Gasteiger partial charge is 0.492 e. The fourth-order valence-corrected chi connectivity index (χ4v) is 3.96. The molecular weight excluding hydrogens is 326 g/mol. The molecule has 2 atom stereocenters. The van der Waals surface area contributed by atoms with E-state index in [9.17, 15) is 4.79 Å². The van der Waals surface area contributed by atoms with Crippen molar-refractivity contribution in [2.45, 2.75) is 56.7 Å². The van der Waals surface area contributed by atoms with Gasteiger partial charge in [0.25, 0.3) is 5.91 Å². The van der Waals surface area contributed by atoms with Crippen LogP contribution in [-0.4, -0.2) is 30.6 Å². The number of benzene rings is 1. The Labute approximate surface area is 147 Å². The molecule has 3 fully saturated rings. The van der Waals surface area contributed by atoms with E-state index in [1.165, 1.54) is 25.7 Å². The lowest BCUT2D eigenvalue weighted by Crippen LogP contribution is -2.48. The number of nitrogens with one attached hydrogen (secondary N) is 2. The Morgan fingerprint density at radius 2 is 1.96 bits per heavy atom. The first kappa shape index (κ1) is 16.0. The van der Waals surface area contributed by atoms with E-state index < -0.39 is 0 Å². The summed E-state index contributed by atoms with van der Waals surface area (Å²) in [5, 5.41) is 7.15. The maximum atomic E-state index is 12.8. The molecule has 2 bridgehead atoms. The fourth-order valence-electron chi connectivity index (χ4n) is 3.80. The van der Waals surface area contributed by atoms with E-state index in [1.807, 2.05) is 0 Å². The maximum Gasteiger partial charge on any atom is 0.255 e. The summed E-state index contributed by atoms with van der Waals surface area (Å²) in [4.78, 5) is 12.8. The third-order valence-electron chi connectivity index (χ3n) is 5.32. The molecule has 1 aromatic rings. The SMILES string of the molecule is Nc1cc(OCC2CC2)c(C(=O)NC2CC3CCC(C2)N3)cc1Cl. The predicted octanol–water partition coefficient (Wildman–Crippen LogP) is 2.72. The number of nitrogen functional groups attached to an aromatic ring is 1. The highest BCUT2D eigenvalue weighted by Crippen LogP contribution is 2.33. The number of ether oxygens (including phenoxy) is 1. The first-order valence-corrected chi connectivity index (χ1v) is 9.25. The number of rotatable bonds is 5. The molecule has 1 aromatic carbocycles. The van der Waals surface area contributed by atoms with E-state index in [0.29, 0.717) is 46.6 Å². The molecule has 5 nitrogen and oxygen atoms in total. The number of amides is 1. The Kier molecular flexibility index (Phi) is 4.31. The smallest absolute Gasteiger partial charge is 0.255 e. The molecule has 2 saturated heterocycles. The van der Waals surface area contributed by atoms with Crippen LogP contribution in [0.15, 0.2) is 12.1 Å². The molecule has 3 aliphatic rings. The van der Waals surface area contributed by atoms with Crippen molar-refractivity contribution < 1.29 is 9.53 Å². The monoisotopic (exact) mass is 349 g/mol. The van der Waals surface area contributed by atoms with Crippen molar-refractivity contribution in [3.8, 4) is 5.75 Å². The number of hydrogen-bond donors (Lipinski definition) is 3. The third-order valence-corrected chi connectivity index (χ3v) is 5.65. The van der Waals surface area contributed by atoms with Gasteiger partial charge in [-0.05, 0) is 50.5 Å². The number of hydrogen-bond acceptors (Lipinski definition) is 4. The van der Waals surface area contributed by atoms with Crippen LogP contribution < -0.4 is 21.1 Å². The zero-order chi connectivity index (χ0) is 16.7. The Morgan fingerprint density at radius 1 is 1.25 bits per heavy atom. The first-order chi connectivity index (χ1) is 11.6. The third kappa shape index (κ3) is 3.47. The zero-order valence-corrected chi connectivity index (χ0v) is 14.4. The Bertz CT molecular complexity index is 635. The average molecular weight is 350 g/mol. The van der Waals surface area contributed by atoms with Crippen LogP contribution in [-0.2, 0) is 0 Å². The lowest BCUT2D eigenvalue weighted by atomic mass is 9.99. The topological polar surface area (TPSA) is 76.4 Å². The van der Waals surface area contributed by atoms with Gasteiger partial charge in [-0.15, -0.1) is 0 Å². The van der Waals surface area contributed by atoms with Crippen LogP contribution in [0.2, 0.25) is 5.02 Å². The first-order valence-electron chi connectivity index (χ1n) is 8.87. The number of piperidine rings is 1. The van der Waals surface area contributed by atoms with Gasteiger partial charge in [-0.3, -0.25) is 4.79 Å². The summed E-state index contributed by atoms with van der Waals surface area (Å²) in [6.07, 6.45) is 6.79. The number of carbonyl (C=O) groups excluding carboxylic acids is 1. The lowest BCUT2D eigenvalue weighted by molar-refractivity contribution is 0.0919. The summed E-state index contributed by atoms with van der Waals surface area (Å²) in [5.41, 5.74) is 6.82. The Balaban J connectivity index is 1.48. The number of nitrogens with two attached hydrogens (primary N) is 1. The Morgan fingerprint density at radius 3 is 2.62 bits per heavy atom. The second-order valence-electron chi connectivity index (χ2n) is 7.40. The standard InChI is InChI=1S/C18H24ClN3O2/c19-15-7-14(17(8-16(15)20)24-9-10-1-2-10)18(23)22-13-5-11-3-4-12(6-13)21-11/h7-8,10-13,21H,1-6,9,20H2,(H,22,23). The minimum atomic E-state index is -0.117. The van der Waals surface area contributed by atoms with Gasteiger partial charge < -0.3 is 21.1 Å². The molecule has 0 aromatic heterocycles. The summed E-state index contributed by atoms with van der Waals surface area (Å²) >= 11 is 6.13. The van der Waals surface area contributed by atoms with Gasteiger partial charge in [0.2, 0.25) is 0 Å². The molecule has 1 amide bonds. The van der Waals surface area contributed by atoms with Crippen LogP contribution in [0.25, 0.3) is 0 Å². The molecule has 0 radical (unpaired) electrons. The minimum absolute atomic E-state index is 0.117. The molecule has 130 valence electrons. The van der Waals surface area contributed by atoms with E-state index in [-0.39, 0.29) is 11.9 Å².